The molecule has 5 nitrogen and oxygen atoms in total. The average Bonchev–Trinajstić information content (AvgIpc) is 2.64. The Kier molecular flexibility index (Phi) is 4.71. The van der Waals surface area contributed by atoms with E-state index < -0.39 is 0 Å². The summed E-state index contributed by atoms with van der Waals surface area (Å²) in [6.45, 7) is 2.35. The van der Waals surface area contributed by atoms with Gasteiger partial charge in [-0.25, -0.2) is 0 Å². The highest BCUT2D eigenvalue weighted by molar-refractivity contribution is 7.07. The lowest BCUT2D eigenvalue weighted by molar-refractivity contribution is 0.0956. The van der Waals surface area contributed by atoms with Gasteiger partial charge in [0.15, 0.2) is 0 Å². The molecule has 1 aromatic heterocycles. The zero-order valence-electron chi connectivity index (χ0n) is 8.49. The summed E-state index contributed by atoms with van der Waals surface area (Å²) in [6, 6.07) is 2.06. The predicted molar refractivity (Wildman–Crippen MR) is 56.4 cm³/mol. The molecule has 15 heavy (non-hydrogen) atoms. The first-order chi connectivity index (χ1) is 7.25. The molecule has 6 heteroatoms. The summed E-state index contributed by atoms with van der Waals surface area (Å²) in [7, 11) is 0. The van der Waals surface area contributed by atoms with Gasteiger partial charge in [-0.15, -0.1) is 5.10 Å². The van der Waals surface area contributed by atoms with Gasteiger partial charge in [0.1, 0.15) is 4.88 Å². The van der Waals surface area contributed by atoms with E-state index in [9.17, 15) is 4.79 Å². The highest BCUT2D eigenvalue weighted by Crippen LogP contribution is 2.08. The normalized spacial score (nSPS) is 9.60. The van der Waals surface area contributed by atoms with Gasteiger partial charge in [0.25, 0.3) is 5.91 Å². The second-order valence-electron chi connectivity index (χ2n) is 3.06. The Morgan fingerprint density at radius 1 is 1.60 bits per heavy atom. The zero-order valence-corrected chi connectivity index (χ0v) is 9.30. The molecule has 1 N–H and O–H groups in total. The van der Waals surface area contributed by atoms with Crippen molar-refractivity contribution in [3.63, 3.8) is 0 Å². The fraction of sp³-hybridized carbons (Fsp3) is 0.556. The van der Waals surface area contributed by atoms with Gasteiger partial charge in [-0.2, -0.15) is 5.26 Å². The first-order valence-electron chi connectivity index (χ1n) is 4.70. The minimum Gasteiger partial charge on any atom is -0.351 e. The van der Waals surface area contributed by atoms with Crippen LogP contribution in [0, 0.1) is 18.3 Å². The Balaban J connectivity index is 2.26. The van der Waals surface area contributed by atoms with E-state index in [4.69, 9.17) is 5.26 Å². The molecule has 0 bridgehead atoms. The number of nitrogens with zero attached hydrogens (tertiary/aromatic N) is 3. The van der Waals surface area contributed by atoms with Crippen LogP contribution in [0.5, 0.6) is 0 Å². The predicted octanol–water partition coefficient (Wildman–Crippen LogP) is 1.27. The van der Waals surface area contributed by atoms with Gasteiger partial charge < -0.3 is 5.32 Å². The van der Waals surface area contributed by atoms with Crippen LogP contribution in [0.3, 0.4) is 0 Å². The van der Waals surface area contributed by atoms with Crippen LogP contribution >= 0.6 is 11.5 Å². The van der Waals surface area contributed by atoms with E-state index in [-0.39, 0.29) is 5.91 Å². The van der Waals surface area contributed by atoms with E-state index in [1.54, 1.807) is 6.92 Å². The van der Waals surface area contributed by atoms with Gasteiger partial charge in [-0.1, -0.05) is 4.49 Å². The first-order valence-corrected chi connectivity index (χ1v) is 5.47. The molecule has 0 unspecified atom stereocenters. The lowest BCUT2D eigenvalue weighted by Gasteiger charge is -2.01. The van der Waals surface area contributed by atoms with Gasteiger partial charge >= 0.3 is 0 Å². The number of hydrogen-bond acceptors (Lipinski definition) is 5. The molecular weight excluding hydrogens is 212 g/mol. The highest BCUT2D eigenvalue weighted by atomic mass is 32.1. The molecule has 0 aliphatic carbocycles. The van der Waals surface area contributed by atoms with Crippen molar-refractivity contribution in [2.45, 2.75) is 26.2 Å². The minimum atomic E-state index is -0.126. The topological polar surface area (TPSA) is 78.7 Å². The van der Waals surface area contributed by atoms with E-state index in [2.05, 4.69) is 21.0 Å². The monoisotopic (exact) mass is 224 g/mol. The smallest absolute Gasteiger partial charge is 0.264 e. The zero-order chi connectivity index (χ0) is 11.1. The second kappa shape index (κ2) is 6.09. The van der Waals surface area contributed by atoms with Crippen molar-refractivity contribution in [3.05, 3.63) is 10.6 Å². The second-order valence-corrected chi connectivity index (χ2v) is 3.81. The first kappa shape index (κ1) is 11.6. The number of amides is 1. The molecule has 1 heterocycles. The van der Waals surface area contributed by atoms with E-state index in [1.165, 1.54) is 0 Å². The molecular formula is C9H12N4OS. The van der Waals surface area contributed by atoms with Crippen LogP contribution in [0.1, 0.15) is 34.6 Å². The van der Waals surface area contributed by atoms with E-state index >= 15 is 0 Å². The third kappa shape index (κ3) is 3.64. The fourth-order valence-electron chi connectivity index (χ4n) is 1.05. The van der Waals surface area contributed by atoms with Crippen LogP contribution in [0.25, 0.3) is 0 Å². The molecule has 0 aliphatic rings. The van der Waals surface area contributed by atoms with Gasteiger partial charge in [-0.05, 0) is 31.3 Å². The minimum absolute atomic E-state index is 0.126. The molecule has 1 aromatic rings. The van der Waals surface area contributed by atoms with Gasteiger partial charge in [0.05, 0.1) is 11.8 Å². The van der Waals surface area contributed by atoms with Gasteiger partial charge in [0, 0.05) is 13.0 Å². The fourth-order valence-corrected chi connectivity index (χ4v) is 1.62. The Bertz CT molecular complexity index is 368. The molecule has 0 spiro atoms. The van der Waals surface area contributed by atoms with Crippen molar-refractivity contribution in [1.29, 1.82) is 5.26 Å². The number of aryl methyl sites for hydroxylation is 1. The number of carbonyl (C=O) groups excluding carboxylic acids is 1. The van der Waals surface area contributed by atoms with Crippen LogP contribution in [0.4, 0.5) is 0 Å². The third-order valence-electron chi connectivity index (χ3n) is 1.86. The van der Waals surface area contributed by atoms with Crippen LogP contribution in [-0.2, 0) is 0 Å². The lowest BCUT2D eigenvalue weighted by atomic mass is 10.2. The number of nitrogens with one attached hydrogen (secondary N) is 1. The molecule has 1 amide bonds. The Morgan fingerprint density at radius 3 is 3.00 bits per heavy atom. The van der Waals surface area contributed by atoms with Crippen LogP contribution < -0.4 is 5.32 Å². The number of nitriles is 1. The van der Waals surface area contributed by atoms with E-state index in [0.717, 1.165) is 24.4 Å². The van der Waals surface area contributed by atoms with Crippen LogP contribution in [0.15, 0.2) is 0 Å². The number of aromatic nitrogens is 2. The maximum atomic E-state index is 11.5. The van der Waals surface area contributed by atoms with Crippen LogP contribution in [0.2, 0.25) is 0 Å². The molecule has 0 aliphatic heterocycles. The van der Waals surface area contributed by atoms with Crippen molar-refractivity contribution in [2.24, 2.45) is 0 Å². The number of hydrogen-bond donors (Lipinski definition) is 1. The summed E-state index contributed by atoms with van der Waals surface area (Å²) in [4.78, 5) is 12.1. The quantitative estimate of drug-likeness (QED) is 0.764. The number of unbranched alkanes of at least 4 members (excludes halogenated alkanes) is 2. The van der Waals surface area contributed by atoms with Gasteiger partial charge in [-0.3, -0.25) is 4.79 Å². The maximum absolute atomic E-state index is 11.5. The standard InChI is InChI=1S/C9H12N4OS/c1-7-8(15-13-12-7)9(14)11-6-4-2-3-5-10/h2-4,6H2,1H3,(H,11,14). The number of carbonyl (C=O) groups is 1. The molecule has 0 radical (unpaired) electrons. The SMILES string of the molecule is Cc1nnsc1C(=O)NCCCCC#N. The van der Waals surface area contributed by atoms with Crippen molar-refractivity contribution < 1.29 is 4.79 Å². The summed E-state index contributed by atoms with van der Waals surface area (Å²) in [5.41, 5.74) is 0.662. The average molecular weight is 224 g/mol. The summed E-state index contributed by atoms with van der Waals surface area (Å²) in [5.74, 6) is -0.126. The summed E-state index contributed by atoms with van der Waals surface area (Å²) in [5, 5.41) is 14.8. The van der Waals surface area contributed by atoms with Crippen molar-refractivity contribution in [3.8, 4) is 6.07 Å². The summed E-state index contributed by atoms with van der Waals surface area (Å²) < 4.78 is 3.69. The van der Waals surface area contributed by atoms with E-state index in [0.29, 0.717) is 23.5 Å². The summed E-state index contributed by atoms with van der Waals surface area (Å²) >= 11 is 1.10. The Morgan fingerprint density at radius 2 is 2.40 bits per heavy atom. The molecule has 0 fully saturated rings. The molecule has 0 atom stereocenters. The Labute approximate surface area is 92.3 Å². The van der Waals surface area contributed by atoms with Crippen molar-refractivity contribution in [1.82, 2.24) is 14.9 Å². The van der Waals surface area contributed by atoms with E-state index in [1.807, 2.05) is 0 Å². The molecule has 0 saturated carbocycles. The molecule has 0 saturated heterocycles. The largest absolute Gasteiger partial charge is 0.351 e. The Hall–Kier alpha value is -1.48. The molecule has 0 aromatic carbocycles. The van der Waals surface area contributed by atoms with Crippen molar-refractivity contribution in [2.75, 3.05) is 6.54 Å². The maximum Gasteiger partial charge on any atom is 0.264 e. The summed E-state index contributed by atoms with van der Waals surface area (Å²) in [6.07, 6.45) is 2.18. The highest BCUT2D eigenvalue weighted by Gasteiger charge is 2.11. The third-order valence-corrected chi connectivity index (χ3v) is 2.69. The van der Waals surface area contributed by atoms with Crippen LogP contribution in [-0.4, -0.2) is 22.0 Å². The molecule has 80 valence electrons. The van der Waals surface area contributed by atoms with Crippen molar-refractivity contribution >= 4 is 17.4 Å². The van der Waals surface area contributed by atoms with Gasteiger partial charge in [0.2, 0.25) is 0 Å². The lowest BCUT2D eigenvalue weighted by Crippen LogP contribution is -2.24. The molecule has 1 rings (SSSR count). The number of rotatable bonds is 5.